The number of carbonyl (C=O) groups is 1. The second-order valence-electron chi connectivity index (χ2n) is 5.06. The molecule has 0 fully saturated rings. The minimum atomic E-state index is -0.600. The number of amides is 1. The molecule has 0 saturated heterocycles. The summed E-state index contributed by atoms with van der Waals surface area (Å²) in [6.07, 6.45) is 1.12. The fourth-order valence-corrected chi connectivity index (χ4v) is 4.05. The lowest BCUT2D eigenvalue weighted by molar-refractivity contribution is -0.385. The van der Waals surface area contributed by atoms with Gasteiger partial charge in [-0.2, -0.15) is 5.10 Å². The molecule has 0 aliphatic carbocycles. The predicted octanol–water partition coefficient (Wildman–Crippen LogP) is 4.69. The SMILES string of the molecule is O=C(N/N=C/c1cc([N+](=O)[O-])cc(Br)c1O)c1sc2ccccc2c1Cl. The number of hydrogen-bond donors (Lipinski definition) is 2. The third-order valence-electron chi connectivity index (χ3n) is 3.40. The van der Waals surface area contributed by atoms with Crippen LogP contribution in [0.3, 0.4) is 0 Å². The van der Waals surface area contributed by atoms with E-state index in [0.717, 1.165) is 22.4 Å². The number of hydrazone groups is 1. The highest BCUT2D eigenvalue weighted by molar-refractivity contribution is 9.10. The van der Waals surface area contributed by atoms with Gasteiger partial charge in [-0.1, -0.05) is 29.8 Å². The number of phenols is 1. The molecule has 132 valence electrons. The molecular weight excluding hydrogens is 446 g/mol. The van der Waals surface area contributed by atoms with Crippen LogP contribution < -0.4 is 5.43 Å². The van der Waals surface area contributed by atoms with Crippen LogP contribution in [0.5, 0.6) is 5.75 Å². The Morgan fingerprint density at radius 3 is 2.81 bits per heavy atom. The summed E-state index contributed by atoms with van der Waals surface area (Å²) in [5.74, 6) is -0.745. The first-order valence-electron chi connectivity index (χ1n) is 7.06. The minimum Gasteiger partial charge on any atom is -0.506 e. The smallest absolute Gasteiger partial charge is 0.283 e. The summed E-state index contributed by atoms with van der Waals surface area (Å²) in [7, 11) is 0. The second-order valence-corrected chi connectivity index (χ2v) is 7.35. The Kier molecular flexibility index (Phi) is 5.21. The van der Waals surface area contributed by atoms with Gasteiger partial charge in [-0.05, 0) is 22.0 Å². The lowest BCUT2D eigenvalue weighted by Crippen LogP contribution is -2.16. The van der Waals surface area contributed by atoms with Crippen LogP contribution in [-0.2, 0) is 0 Å². The summed E-state index contributed by atoms with van der Waals surface area (Å²) in [4.78, 5) is 22.9. The van der Waals surface area contributed by atoms with Gasteiger partial charge in [0.1, 0.15) is 10.6 Å². The molecule has 0 saturated carbocycles. The molecule has 3 rings (SSSR count). The lowest BCUT2D eigenvalue weighted by Gasteiger charge is -2.02. The number of halogens is 2. The molecule has 1 aromatic heterocycles. The number of nitrogens with zero attached hydrogens (tertiary/aromatic N) is 2. The molecule has 0 unspecified atom stereocenters. The van der Waals surface area contributed by atoms with Crippen molar-refractivity contribution < 1.29 is 14.8 Å². The third-order valence-corrected chi connectivity index (χ3v) is 5.68. The Hall–Kier alpha value is -2.49. The van der Waals surface area contributed by atoms with Gasteiger partial charge in [0.2, 0.25) is 0 Å². The van der Waals surface area contributed by atoms with E-state index < -0.39 is 10.8 Å². The predicted molar refractivity (Wildman–Crippen MR) is 104 cm³/mol. The molecule has 2 aromatic carbocycles. The molecule has 0 bridgehead atoms. The lowest BCUT2D eigenvalue weighted by atomic mass is 10.2. The number of benzene rings is 2. The largest absolute Gasteiger partial charge is 0.506 e. The maximum Gasteiger partial charge on any atom is 0.283 e. The summed E-state index contributed by atoms with van der Waals surface area (Å²) in [6.45, 7) is 0. The second kappa shape index (κ2) is 7.40. The van der Waals surface area contributed by atoms with Crippen molar-refractivity contribution in [1.82, 2.24) is 5.43 Å². The summed E-state index contributed by atoms with van der Waals surface area (Å²) in [6, 6.07) is 9.64. The van der Waals surface area contributed by atoms with Crippen molar-refractivity contribution in [1.29, 1.82) is 0 Å². The van der Waals surface area contributed by atoms with Crippen molar-refractivity contribution in [2.24, 2.45) is 5.10 Å². The minimum absolute atomic E-state index is 0.0776. The van der Waals surface area contributed by atoms with Gasteiger partial charge in [0.15, 0.2) is 0 Å². The van der Waals surface area contributed by atoms with E-state index in [9.17, 15) is 20.0 Å². The summed E-state index contributed by atoms with van der Waals surface area (Å²) < 4.78 is 1.01. The number of fused-ring (bicyclic) bond motifs is 1. The average Bonchev–Trinajstić information content (AvgIpc) is 2.95. The molecule has 2 N–H and O–H groups in total. The number of carbonyl (C=O) groups excluding carboxylic acids is 1. The van der Waals surface area contributed by atoms with E-state index in [-0.39, 0.29) is 21.5 Å². The van der Waals surface area contributed by atoms with Crippen molar-refractivity contribution in [2.75, 3.05) is 0 Å². The van der Waals surface area contributed by atoms with Gasteiger partial charge >= 0.3 is 0 Å². The molecular formula is C16H9BrClN3O4S. The third kappa shape index (κ3) is 3.55. The van der Waals surface area contributed by atoms with E-state index in [1.165, 1.54) is 17.4 Å². The van der Waals surface area contributed by atoms with Gasteiger partial charge in [-0.15, -0.1) is 11.3 Å². The molecule has 0 spiro atoms. The van der Waals surface area contributed by atoms with E-state index >= 15 is 0 Å². The highest BCUT2D eigenvalue weighted by Gasteiger charge is 2.17. The van der Waals surface area contributed by atoms with Crippen LogP contribution in [0.25, 0.3) is 10.1 Å². The highest BCUT2D eigenvalue weighted by Crippen LogP contribution is 2.35. The fourth-order valence-electron chi connectivity index (χ4n) is 2.18. The number of aromatic hydroxyl groups is 1. The zero-order valence-electron chi connectivity index (χ0n) is 12.8. The quantitative estimate of drug-likeness (QED) is 0.339. The first-order chi connectivity index (χ1) is 12.4. The molecule has 7 nitrogen and oxygen atoms in total. The molecule has 0 radical (unpaired) electrons. The van der Waals surface area contributed by atoms with Crippen LogP contribution in [0.2, 0.25) is 5.02 Å². The van der Waals surface area contributed by atoms with Crippen LogP contribution in [0.15, 0.2) is 46.0 Å². The maximum absolute atomic E-state index is 12.3. The number of phenolic OH excluding ortho intramolecular Hbond substituents is 1. The van der Waals surface area contributed by atoms with E-state index in [2.05, 4.69) is 26.5 Å². The van der Waals surface area contributed by atoms with Crippen LogP contribution >= 0.6 is 38.9 Å². The number of hydrogen-bond acceptors (Lipinski definition) is 6. The Labute approximate surface area is 164 Å². The van der Waals surface area contributed by atoms with Crippen LogP contribution in [0, 0.1) is 10.1 Å². The Bertz CT molecular complexity index is 1070. The fraction of sp³-hybridized carbons (Fsp3) is 0. The zero-order valence-corrected chi connectivity index (χ0v) is 15.9. The summed E-state index contributed by atoms with van der Waals surface area (Å²) in [5.41, 5.74) is 2.16. The normalized spacial score (nSPS) is 11.2. The first kappa shape index (κ1) is 18.3. The number of thiophene rings is 1. The first-order valence-corrected chi connectivity index (χ1v) is 9.04. The molecule has 10 heteroatoms. The Balaban J connectivity index is 1.83. The van der Waals surface area contributed by atoms with E-state index in [0.29, 0.717) is 9.90 Å². The van der Waals surface area contributed by atoms with Gasteiger partial charge in [-0.3, -0.25) is 14.9 Å². The van der Waals surface area contributed by atoms with E-state index in [1.807, 2.05) is 24.3 Å². The van der Waals surface area contributed by atoms with E-state index in [1.54, 1.807) is 0 Å². The number of nitro groups is 1. The topological polar surface area (TPSA) is 105 Å². The summed E-state index contributed by atoms with van der Waals surface area (Å²) >= 11 is 10.5. The van der Waals surface area contributed by atoms with Gasteiger partial charge in [0.25, 0.3) is 11.6 Å². The molecule has 26 heavy (non-hydrogen) atoms. The van der Waals surface area contributed by atoms with Crippen molar-refractivity contribution in [3.05, 3.63) is 66.4 Å². The zero-order chi connectivity index (χ0) is 18.8. The summed E-state index contributed by atoms with van der Waals surface area (Å²) in [5, 5.41) is 25.7. The number of rotatable bonds is 4. The number of nitrogens with one attached hydrogen (secondary N) is 1. The molecule has 0 aliphatic heterocycles. The molecule has 1 heterocycles. The van der Waals surface area contributed by atoms with E-state index in [4.69, 9.17) is 11.6 Å². The average molecular weight is 455 g/mol. The van der Waals surface area contributed by atoms with Crippen LogP contribution in [0.4, 0.5) is 5.69 Å². The standard InChI is InChI=1S/C16H9BrClN3O4S/c17-11-6-9(21(24)25)5-8(14(11)22)7-19-20-16(23)15-13(18)10-3-1-2-4-12(10)26-15/h1-7,22H,(H,20,23)/b19-7+. The molecule has 1 amide bonds. The van der Waals surface area contributed by atoms with Crippen molar-refractivity contribution in [3.63, 3.8) is 0 Å². The maximum atomic E-state index is 12.3. The monoisotopic (exact) mass is 453 g/mol. The van der Waals surface area contributed by atoms with Gasteiger partial charge in [-0.25, -0.2) is 5.43 Å². The molecule has 0 aliphatic rings. The van der Waals surface area contributed by atoms with Crippen molar-refractivity contribution >= 4 is 66.8 Å². The Morgan fingerprint density at radius 2 is 2.12 bits per heavy atom. The highest BCUT2D eigenvalue weighted by atomic mass is 79.9. The van der Waals surface area contributed by atoms with Crippen LogP contribution in [0.1, 0.15) is 15.2 Å². The van der Waals surface area contributed by atoms with Crippen molar-refractivity contribution in [3.8, 4) is 5.75 Å². The van der Waals surface area contributed by atoms with Gasteiger partial charge in [0.05, 0.1) is 20.6 Å². The Morgan fingerprint density at radius 1 is 1.38 bits per heavy atom. The van der Waals surface area contributed by atoms with Crippen LogP contribution in [-0.4, -0.2) is 22.2 Å². The van der Waals surface area contributed by atoms with Gasteiger partial charge < -0.3 is 5.11 Å². The number of non-ortho nitro benzene ring substituents is 1. The van der Waals surface area contributed by atoms with Crippen molar-refractivity contribution in [2.45, 2.75) is 0 Å². The molecule has 0 atom stereocenters. The van der Waals surface area contributed by atoms with Gasteiger partial charge in [0, 0.05) is 27.8 Å². The molecule has 3 aromatic rings. The number of nitro benzene ring substituents is 1.